The molecule has 0 aliphatic heterocycles. The Morgan fingerprint density at radius 2 is 1.61 bits per heavy atom. The van der Waals surface area contributed by atoms with E-state index < -0.39 is 11.7 Å². The monoisotopic (exact) mass is 496 g/mol. The predicted octanol–water partition coefficient (Wildman–Crippen LogP) is 6.02. The van der Waals surface area contributed by atoms with Crippen LogP contribution in [0.4, 0.5) is 18.9 Å². The van der Waals surface area contributed by atoms with Gasteiger partial charge in [-0.05, 0) is 63.2 Å². The summed E-state index contributed by atoms with van der Waals surface area (Å²) in [6, 6.07) is 16.2. The van der Waals surface area contributed by atoms with Crippen molar-refractivity contribution in [1.29, 1.82) is 0 Å². The molecule has 186 valence electrons. The van der Waals surface area contributed by atoms with E-state index in [0.29, 0.717) is 29.1 Å². The molecule has 0 unspecified atom stereocenters. The molecule has 0 saturated heterocycles. The number of amides is 1. The number of rotatable bonds is 7. The highest BCUT2D eigenvalue weighted by atomic mass is 19.4. The van der Waals surface area contributed by atoms with E-state index in [0.717, 1.165) is 29.1 Å². The van der Waals surface area contributed by atoms with E-state index in [1.165, 1.54) is 0 Å². The van der Waals surface area contributed by atoms with Gasteiger partial charge in [-0.2, -0.15) is 18.3 Å². The first-order valence-electron chi connectivity index (χ1n) is 11.0. The second kappa shape index (κ2) is 10.1. The average Bonchev–Trinajstić information content (AvgIpc) is 3.12. The minimum absolute atomic E-state index is 0.0213. The van der Waals surface area contributed by atoms with Crippen LogP contribution in [-0.4, -0.2) is 27.3 Å². The Balaban J connectivity index is 1.33. The standard InChI is InChI=1S/C26H23F3N4O3/c1-16-4-7-20(8-5-16)33-18(3)25(17(2)32-33)31-23(34)15-35-21-9-11-22(12-10-21)36-24-13-6-19(14-30-24)26(27,28)29/h4-14H,15H2,1-3H3,(H,31,34). The van der Waals surface area contributed by atoms with E-state index in [-0.39, 0.29) is 18.4 Å². The number of alkyl halides is 3. The number of carbonyl (C=O) groups excluding carboxylic acids is 1. The Morgan fingerprint density at radius 1 is 0.944 bits per heavy atom. The molecule has 4 rings (SSSR count). The summed E-state index contributed by atoms with van der Waals surface area (Å²) in [5.74, 6) is 0.447. The molecule has 0 saturated carbocycles. The van der Waals surface area contributed by atoms with Crippen LogP contribution in [0.25, 0.3) is 5.69 Å². The maximum Gasteiger partial charge on any atom is 0.417 e. The molecule has 2 aromatic heterocycles. The molecule has 0 aliphatic rings. The highest BCUT2D eigenvalue weighted by Crippen LogP contribution is 2.30. The van der Waals surface area contributed by atoms with E-state index in [2.05, 4.69) is 15.4 Å². The van der Waals surface area contributed by atoms with Crippen molar-refractivity contribution < 1.29 is 27.4 Å². The molecule has 0 spiro atoms. The molecular weight excluding hydrogens is 473 g/mol. The zero-order chi connectivity index (χ0) is 25.9. The van der Waals surface area contributed by atoms with Crippen LogP contribution >= 0.6 is 0 Å². The van der Waals surface area contributed by atoms with Gasteiger partial charge >= 0.3 is 6.18 Å². The van der Waals surface area contributed by atoms with E-state index >= 15 is 0 Å². The van der Waals surface area contributed by atoms with Gasteiger partial charge in [0.05, 0.1) is 28.3 Å². The van der Waals surface area contributed by atoms with E-state index in [4.69, 9.17) is 9.47 Å². The molecule has 0 radical (unpaired) electrons. The molecule has 36 heavy (non-hydrogen) atoms. The third-order valence-corrected chi connectivity index (χ3v) is 5.31. The zero-order valence-electron chi connectivity index (χ0n) is 19.8. The summed E-state index contributed by atoms with van der Waals surface area (Å²) in [6.07, 6.45) is -3.75. The summed E-state index contributed by atoms with van der Waals surface area (Å²) in [4.78, 5) is 16.2. The lowest BCUT2D eigenvalue weighted by molar-refractivity contribution is -0.137. The summed E-state index contributed by atoms with van der Waals surface area (Å²) < 4.78 is 50.7. The van der Waals surface area contributed by atoms with Crippen LogP contribution in [0, 0.1) is 20.8 Å². The maximum atomic E-state index is 12.6. The second-order valence-corrected chi connectivity index (χ2v) is 8.09. The van der Waals surface area contributed by atoms with Crippen molar-refractivity contribution in [2.75, 3.05) is 11.9 Å². The Hall–Kier alpha value is -4.34. The van der Waals surface area contributed by atoms with Crippen LogP contribution < -0.4 is 14.8 Å². The number of aryl methyl sites for hydroxylation is 2. The average molecular weight is 496 g/mol. The second-order valence-electron chi connectivity index (χ2n) is 8.09. The number of anilines is 1. The summed E-state index contributed by atoms with van der Waals surface area (Å²) in [7, 11) is 0. The summed E-state index contributed by atoms with van der Waals surface area (Å²) in [5, 5.41) is 7.38. The Morgan fingerprint density at radius 3 is 2.22 bits per heavy atom. The van der Waals surface area contributed by atoms with Gasteiger partial charge in [-0.15, -0.1) is 0 Å². The molecule has 0 aliphatic carbocycles. The van der Waals surface area contributed by atoms with Crippen molar-refractivity contribution in [3.8, 4) is 23.1 Å². The van der Waals surface area contributed by atoms with Gasteiger partial charge in [0.2, 0.25) is 5.88 Å². The van der Waals surface area contributed by atoms with Gasteiger partial charge < -0.3 is 14.8 Å². The number of nitrogens with one attached hydrogen (secondary N) is 1. The third-order valence-electron chi connectivity index (χ3n) is 5.31. The van der Waals surface area contributed by atoms with Crippen LogP contribution in [0.2, 0.25) is 0 Å². The van der Waals surface area contributed by atoms with Crippen LogP contribution in [0.1, 0.15) is 22.5 Å². The summed E-state index contributed by atoms with van der Waals surface area (Å²) >= 11 is 0. The fourth-order valence-corrected chi connectivity index (χ4v) is 3.42. The van der Waals surface area contributed by atoms with Crippen molar-refractivity contribution in [3.05, 3.63) is 89.4 Å². The molecule has 2 aromatic carbocycles. The Labute approximate surface area is 205 Å². The SMILES string of the molecule is Cc1ccc(-n2nc(C)c(NC(=O)COc3ccc(Oc4ccc(C(F)(F)F)cn4)cc3)c2C)cc1. The number of ether oxygens (including phenoxy) is 2. The molecule has 7 nitrogen and oxygen atoms in total. The van der Waals surface area contributed by atoms with E-state index in [1.807, 2.05) is 45.0 Å². The van der Waals surface area contributed by atoms with E-state index in [1.54, 1.807) is 28.9 Å². The van der Waals surface area contributed by atoms with Crippen LogP contribution in [0.3, 0.4) is 0 Å². The molecular formula is C26H23F3N4O3. The first-order valence-corrected chi connectivity index (χ1v) is 11.0. The maximum absolute atomic E-state index is 12.6. The lowest BCUT2D eigenvalue weighted by atomic mass is 10.2. The highest BCUT2D eigenvalue weighted by Gasteiger charge is 2.30. The van der Waals surface area contributed by atoms with Crippen molar-refractivity contribution in [3.63, 3.8) is 0 Å². The van der Waals surface area contributed by atoms with Gasteiger partial charge in [-0.25, -0.2) is 9.67 Å². The highest BCUT2D eigenvalue weighted by molar-refractivity contribution is 5.93. The number of benzene rings is 2. The van der Waals surface area contributed by atoms with Gasteiger partial charge in [0.15, 0.2) is 6.61 Å². The van der Waals surface area contributed by atoms with Crippen LogP contribution in [0.15, 0.2) is 66.9 Å². The molecule has 2 heterocycles. The number of halogens is 3. The normalized spacial score (nSPS) is 11.3. The fraction of sp³-hybridized carbons (Fsp3) is 0.192. The minimum Gasteiger partial charge on any atom is -0.484 e. The van der Waals surface area contributed by atoms with Gasteiger partial charge in [0, 0.05) is 12.3 Å². The number of aromatic nitrogens is 3. The molecule has 10 heteroatoms. The van der Waals surface area contributed by atoms with Crippen molar-refractivity contribution in [2.24, 2.45) is 0 Å². The number of pyridine rings is 1. The first-order chi connectivity index (χ1) is 17.1. The van der Waals surface area contributed by atoms with Gasteiger partial charge in [-0.3, -0.25) is 4.79 Å². The van der Waals surface area contributed by atoms with Crippen molar-refractivity contribution in [2.45, 2.75) is 26.9 Å². The predicted molar refractivity (Wildman–Crippen MR) is 128 cm³/mol. The Bertz CT molecular complexity index is 1350. The van der Waals surface area contributed by atoms with Crippen molar-refractivity contribution >= 4 is 11.6 Å². The zero-order valence-corrected chi connectivity index (χ0v) is 19.8. The number of carbonyl (C=O) groups is 1. The molecule has 1 N–H and O–H groups in total. The first kappa shape index (κ1) is 24.8. The largest absolute Gasteiger partial charge is 0.484 e. The molecule has 0 fully saturated rings. The minimum atomic E-state index is -4.46. The molecule has 0 bridgehead atoms. The topological polar surface area (TPSA) is 78.3 Å². The molecule has 4 aromatic rings. The van der Waals surface area contributed by atoms with Crippen LogP contribution in [-0.2, 0) is 11.0 Å². The summed E-state index contributed by atoms with van der Waals surface area (Å²) in [6.45, 7) is 5.47. The third kappa shape index (κ3) is 5.83. The molecule has 0 atom stereocenters. The van der Waals surface area contributed by atoms with Crippen molar-refractivity contribution in [1.82, 2.24) is 14.8 Å². The molecule has 1 amide bonds. The van der Waals surface area contributed by atoms with Crippen LogP contribution in [0.5, 0.6) is 17.4 Å². The number of hydrogen-bond donors (Lipinski definition) is 1. The number of nitrogens with zero attached hydrogens (tertiary/aromatic N) is 3. The van der Waals surface area contributed by atoms with E-state index in [9.17, 15) is 18.0 Å². The number of hydrogen-bond acceptors (Lipinski definition) is 5. The van der Waals surface area contributed by atoms with Gasteiger partial charge in [0.25, 0.3) is 5.91 Å². The quantitative estimate of drug-likeness (QED) is 0.339. The fourth-order valence-electron chi connectivity index (χ4n) is 3.42. The Kier molecular flexibility index (Phi) is 6.96. The lowest BCUT2D eigenvalue weighted by Crippen LogP contribution is -2.20. The smallest absolute Gasteiger partial charge is 0.417 e. The van der Waals surface area contributed by atoms with Gasteiger partial charge in [-0.1, -0.05) is 17.7 Å². The summed E-state index contributed by atoms with van der Waals surface area (Å²) in [5.41, 5.74) is 3.28. The lowest BCUT2D eigenvalue weighted by Gasteiger charge is -2.10. The van der Waals surface area contributed by atoms with Gasteiger partial charge in [0.1, 0.15) is 11.5 Å².